The Balaban J connectivity index is 1.60. The molecule has 1 N–H and O–H groups in total. The number of aromatic nitrogens is 2. The van der Waals surface area contributed by atoms with Gasteiger partial charge in [-0.1, -0.05) is 59.1 Å². The van der Waals surface area contributed by atoms with Gasteiger partial charge in [-0.2, -0.15) is 0 Å². The van der Waals surface area contributed by atoms with Crippen LogP contribution in [0, 0.1) is 6.92 Å². The van der Waals surface area contributed by atoms with Gasteiger partial charge in [0.2, 0.25) is 11.0 Å². The molecule has 1 aromatic carbocycles. The summed E-state index contributed by atoms with van der Waals surface area (Å²) in [7, 11) is 0. The lowest BCUT2D eigenvalue weighted by molar-refractivity contribution is -0.122. The van der Waals surface area contributed by atoms with Crippen molar-refractivity contribution in [2.24, 2.45) is 0 Å². The molecule has 1 aliphatic rings. The zero-order valence-corrected chi connectivity index (χ0v) is 16.8. The van der Waals surface area contributed by atoms with Crippen LogP contribution in [0.1, 0.15) is 17.0 Å². The number of thiocarbonyl (C=S) groups is 1. The molecule has 2 aromatic rings. The number of anilines is 1. The lowest BCUT2D eigenvalue weighted by atomic mass is 10.2. The fourth-order valence-electron chi connectivity index (χ4n) is 2.15. The molecule has 2 amide bonds. The van der Waals surface area contributed by atoms with Crippen LogP contribution in [0.5, 0.6) is 0 Å². The first-order valence-corrected chi connectivity index (χ1v) is 9.95. The summed E-state index contributed by atoms with van der Waals surface area (Å²) in [6.45, 7) is 2.02. The lowest BCUT2D eigenvalue weighted by Crippen LogP contribution is -2.31. The standard InChI is InChI=1S/C16H13ClN4O2S3/c1-9-19-20-15(25-9)18-13(22)6-7-21-14(23)12(26-16(21)24)8-10-2-4-11(17)5-3-10/h2-5,8H,6-7H2,1H3,(H,18,20,22)/b12-8-. The highest BCUT2D eigenvalue weighted by Crippen LogP contribution is 2.32. The van der Waals surface area contributed by atoms with Crippen LogP contribution in [0.3, 0.4) is 0 Å². The fraction of sp³-hybridized carbons (Fsp3) is 0.188. The van der Waals surface area contributed by atoms with E-state index in [1.54, 1.807) is 25.1 Å². The summed E-state index contributed by atoms with van der Waals surface area (Å²) in [5, 5.41) is 12.2. The monoisotopic (exact) mass is 424 g/mol. The number of amides is 2. The number of aryl methyl sites for hydroxylation is 1. The van der Waals surface area contributed by atoms with Crippen molar-refractivity contribution in [2.75, 3.05) is 11.9 Å². The Labute approximate surface area is 168 Å². The van der Waals surface area contributed by atoms with Gasteiger partial charge in [0.25, 0.3) is 5.91 Å². The van der Waals surface area contributed by atoms with E-state index in [0.29, 0.717) is 19.4 Å². The molecule has 0 aliphatic carbocycles. The van der Waals surface area contributed by atoms with Crippen LogP contribution in [0.4, 0.5) is 5.13 Å². The third-order valence-corrected chi connectivity index (χ3v) is 5.76. The number of nitrogens with zero attached hydrogens (tertiary/aromatic N) is 3. The summed E-state index contributed by atoms with van der Waals surface area (Å²) in [6, 6.07) is 7.17. The molecular formula is C16H13ClN4O2S3. The third-order valence-electron chi connectivity index (χ3n) is 3.38. The van der Waals surface area contributed by atoms with Crippen molar-refractivity contribution in [3.05, 3.63) is 44.8 Å². The van der Waals surface area contributed by atoms with Crippen molar-refractivity contribution in [1.82, 2.24) is 15.1 Å². The summed E-state index contributed by atoms with van der Waals surface area (Å²) in [4.78, 5) is 26.5. The van der Waals surface area contributed by atoms with E-state index < -0.39 is 0 Å². The van der Waals surface area contributed by atoms with Crippen molar-refractivity contribution in [1.29, 1.82) is 0 Å². The van der Waals surface area contributed by atoms with Gasteiger partial charge >= 0.3 is 0 Å². The Morgan fingerprint density at radius 1 is 1.35 bits per heavy atom. The van der Waals surface area contributed by atoms with E-state index in [1.807, 2.05) is 12.1 Å². The maximum atomic E-state index is 12.5. The summed E-state index contributed by atoms with van der Waals surface area (Å²) in [6.07, 6.45) is 1.89. The molecule has 1 aliphatic heterocycles. The molecule has 1 aromatic heterocycles. The molecule has 2 heterocycles. The highest BCUT2D eigenvalue weighted by molar-refractivity contribution is 8.26. The van der Waals surface area contributed by atoms with Crippen LogP contribution in [-0.2, 0) is 9.59 Å². The topological polar surface area (TPSA) is 75.2 Å². The zero-order valence-electron chi connectivity index (χ0n) is 13.6. The van der Waals surface area contributed by atoms with Crippen LogP contribution in [-0.4, -0.2) is 37.8 Å². The quantitative estimate of drug-likeness (QED) is 0.582. The van der Waals surface area contributed by atoms with Crippen molar-refractivity contribution in [2.45, 2.75) is 13.3 Å². The van der Waals surface area contributed by atoms with Gasteiger partial charge in [0.15, 0.2) is 0 Å². The average molecular weight is 425 g/mol. The first-order chi connectivity index (χ1) is 12.4. The van der Waals surface area contributed by atoms with Crippen LogP contribution in [0.2, 0.25) is 5.02 Å². The Kier molecular flexibility index (Phi) is 6.02. The summed E-state index contributed by atoms with van der Waals surface area (Å²) in [5.41, 5.74) is 0.860. The smallest absolute Gasteiger partial charge is 0.266 e. The van der Waals surface area contributed by atoms with Crippen molar-refractivity contribution in [3.63, 3.8) is 0 Å². The molecule has 134 valence electrons. The van der Waals surface area contributed by atoms with Crippen molar-refractivity contribution >= 4 is 74.3 Å². The predicted molar refractivity (Wildman–Crippen MR) is 109 cm³/mol. The molecule has 0 spiro atoms. The van der Waals surface area contributed by atoms with Crippen LogP contribution in [0.15, 0.2) is 29.2 Å². The van der Waals surface area contributed by atoms with Crippen LogP contribution >= 0.6 is 46.9 Å². The number of hydrogen-bond donors (Lipinski definition) is 1. The van der Waals surface area contributed by atoms with E-state index in [0.717, 1.165) is 10.6 Å². The number of rotatable bonds is 5. The van der Waals surface area contributed by atoms with E-state index in [9.17, 15) is 9.59 Å². The van der Waals surface area contributed by atoms with Gasteiger partial charge in [0.05, 0.1) is 4.91 Å². The minimum atomic E-state index is -0.239. The second-order valence-corrected chi connectivity index (χ2v) is 8.60. The Morgan fingerprint density at radius 2 is 2.08 bits per heavy atom. The van der Waals surface area contributed by atoms with Gasteiger partial charge in [0, 0.05) is 18.0 Å². The molecule has 6 nitrogen and oxygen atoms in total. The zero-order chi connectivity index (χ0) is 18.7. The van der Waals surface area contributed by atoms with E-state index in [-0.39, 0.29) is 24.8 Å². The normalized spacial score (nSPS) is 15.8. The van der Waals surface area contributed by atoms with E-state index in [2.05, 4.69) is 15.5 Å². The lowest BCUT2D eigenvalue weighted by Gasteiger charge is -2.13. The van der Waals surface area contributed by atoms with E-state index in [1.165, 1.54) is 28.0 Å². The number of hydrogen-bond acceptors (Lipinski definition) is 7. The number of carbonyl (C=O) groups is 2. The van der Waals surface area contributed by atoms with Crippen LogP contribution in [0.25, 0.3) is 6.08 Å². The fourth-order valence-corrected chi connectivity index (χ4v) is 4.19. The Morgan fingerprint density at radius 3 is 2.73 bits per heavy atom. The average Bonchev–Trinajstić information content (AvgIpc) is 3.11. The molecule has 26 heavy (non-hydrogen) atoms. The second kappa shape index (κ2) is 8.26. The maximum Gasteiger partial charge on any atom is 0.266 e. The Bertz CT molecular complexity index is 895. The van der Waals surface area contributed by atoms with E-state index >= 15 is 0 Å². The second-order valence-electron chi connectivity index (χ2n) is 5.31. The maximum absolute atomic E-state index is 12.5. The van der Waals surface area contributed by atoms with Crippen LogP contribution < -0.4 is 5.32 Å². The number of carbonyl (C=O) groups excluding carboxylic acids is 2. The van der Waals surface area contributed by atoms with Crippen molar-refractivity contribution < 1.29 is 9.59 Å². The summed E-state index contributed by atoms with van der Waals surface area (Å²) < 4.78 is 0.440. The predicted octanol–water partition coefficient (Wildman–Crippen LogP) is 3.73. The third kappa shape index (κ3) is 4.67. The number of thioether (sulfide) groups is 1. The van der Waals surface area contributed by atoms with Gasteiger partial charge in [-0.25, -0.2) is 0 Å². The van der Waals surface area contributed by atoms with Gasteiger partial charge in [-0.05, 0) is 30.7 Å². The number of halogens is 1. The molecule has 0 radical (unpaired) electrons. The first-order valence-electron chi connectivity index (χ1n) is 7.53. The molecule has 0 saturated carbocycles. The molecule has 0 unspecified atom stereocenters. The molecule has 0 atom stereocenters. The van der Waals surface area contributed by atoms with E-state index in [4.69, 9.17) is 23.8 Å². The highest BCUT2D eigenvalue weighted by atomic mass is 35.5. The minimum absolute atomic E-state index is 0.124. The molecule has 0 bridgehead atoms. The minimum Gasteiger partial charge on any atom is -0.300 e. The van der Waals surface area contributed by atoms with Gasteiger partial charge in [-0.3, -0.25) is 14.5 Å². The number of benzene rings is 1. The van der Waals surface area contributed by atoms with Gasteiger partial charge in [0.1, 0.15) is 9.33 Å². The van der Waals surface area contributed by atoms with Gasteiger partial charge in [-0.15, -0.1) is 10.2 Å². The first kappa shape index (κ1) is 19.0. The molecule has 1 fully saturated rings. The Hall–Kier alpha value is -1.81. The molecular weight excluding hydrogens is 412 g/mol. The SMILES string of the molecule is Cc1nnc(NC(=O)CCN2C(=O)/C(=C/c3ccc(Cl)cc3)SC2=S)s1. The van der Waals surface area contributed by atoms with Crippen molar-refractivity contribution in [3.8, 4) is 0 Å². The van der Waals surface area contributed by atoms with Gasteiger partial charge < -0.3 is 5.32 Å². The highest BCUT2D eigenvalue weighted by Gasteiger charge is 2.32. The molecule has 10 heteroatoms. The number of nitrogens with one attached hydrogen (secondary N) is 1. The molecule has 1 saturated heterocycles. The summed E-state index contributed by atoms with van der Waals surface area (Å²) in [5.74, 6) is -0.439. The summed E-state index contributed by atoms with van der Waals surface area (Å²) >= 11 is 13.7. The largest absolute Gasteiger partial charge is 0.300 e. The molecule has 3 rings (SSSR count).